The van der Waals surface area contributed by atoms with Gasteiger partial charge in [0, 0.05) is 27.5 Å². The minimum absolute atomic E-state index is 0.675. The highest BCUT2D eigenvalue weighted by Gasteiger charge is 2.05. The molecule has 0 aliphatic rings. The van der Waals surface area contributed by atoms with E-state index in [4.69, 9.17) is 11.6 Å². The monoisotopic (exact) mass is 298 g/mol. The first-order valence-electron chi connectivity index (χ1n) is 2.78. The van der Waals surface area contributed by atoms with Crippen LogP contribution in [0, 0.1) is 9.85 Å². The summed E-state index contributed by atoms with van der Waals surface area (Å²) >= 11 is 8.89. The lowest BCUT2D eigenvalue weighted by molar-refractivity contribution is 0.242. The third-order valence-corrected chi connectivity index (χ3v) is 2.65. The van der Waals surface area contributed by atoms with Gasteiger partial charge in [-0.05, 0) is 16.1 Å². The van der Waals surface area contributed by atoms with Gasteiger partial charge in [-0.1, -0.05) is 17.5 Å². The quantitative estimate of drug-likeness (QED) is 0.624. The van der Waals surface area contributed by atoms with Crippen molar-refractivity contribution < 1.29 is 5.11 Å². The van der Waals surface area contributed by atoms with Crippen LogP contribution in [0.25, 0.3) is 0 Å². The lowest BCUT2D eigenvalue weighted by atomic mass is 10.3. The van der Waals surface area contributed by atoms with Crippen molar-refractivity contribution in [1.82, 2.24) is 0 Å². The Morgan fingerprint density at radius 2 is 2.36 bits per heavy atom. The summed E-state index contributed by atoms with van der Waals surface area (Å²) in [5, 5.41) is 9.31. The lowest BCUT2D eigenvalue weighted by Gasteiger charge is -1.95. The molecule has 0 saturated heterocycles. The van der Waals surface area contributed by atoms with Gasteiger partial charge in [-0.15, -0.1) is 11.3 Å². The van der Waals surface area contributed by atoms with E-state index >= 15 is 0 Å². The van der Waals surface area contributed by atoms with Crippen LogP contribution in [-0.4, -0.2) is 5.11 Å². The van der Waals surface area contributed by atoms with Crippen LogP contribution in [0.15, 0.2) is 12.1 Å². The van der Waals surface area contributed by atoms with Crippen LogP contribution in [0.2, 0.25) is 4.34 Å². The van der Waals surface area contributed by atoms with E-state index in [-0.39, 0.29) is 0 Å². The lowest BCUT2D eigenvalue weighted by Crippen LogP contribution is -1.87. The van der Waals surface area contributed by atoms with Gasteiger partial charge in [0.2, 0.25) is 0 Å². The first-order chi connectivity index (χ1) is 5.24. The number of halogens is 2. The van der Waals surface area contributed by atoms with E-state index < -0.39 is 6.10 Å². The van der Waals surface area contributed by atoms with Gasteiger partial charge in [0.15, 0.2) is 0 Å². The Hall–Kier alpha value is 0.240. The molecule has 1 atom stereocenters. The zero-order chi connectivity index (χ0) is 8.27. The summed E-state index contributed by atoms with van der Waals surface area (Å²) in [5.74, 6) is 2.62. The third-order valence-electron chi connectivity index (χ3n) is 1.05. The van der Waals surface area contributed by atoms with Crippen molar-refractivity contribution in [2.75, 3.05) is 0 Å². The molecule has 0 radical (unpaired) electrons. The molecule has 0 amide bonds. The SMILES string of the molecule is OC(C#CI)c1ccc(Cl)s1. The van der Waals surface area contributed by atoms with Gasteiger partial charge in [-0.3, -0.25) is 0 Å². The molecule has 1 unspecified atom stereocenters. The second-order valence-corrected chi connectivity index (χ2v) is 4.07. The van der Waals surface area contributed by atoms with Crippen LogP contribution in [0.5, 0.6) is 0 Å². The molecule has 1 nitrogen and oxygen atoms in total. The first-order valence-corrected chi connectivity index (χ1v) is 5.06. The van der Waals surface area contributed by atoms with Crippen LogP contribution in [0.3, 0.4) is 0 Å². The van der Waals surface area contributed by atoms with Crippen LogP contribution in [-0.2, 0) is 0 Å². The van der Waals surface area contributed by atoms with E-state index in [0.717, 1.165) is 4.88 Å². The van der Waals surface area contributed by atoms with E-state index in [2.05, 4.69) is 9.85 Å². The van der Waals surface area contributed by atoms with Gasteiger partial charge >= 0.3 is 0 Å². The van der Waals surface area contributed by atoms with Crippen LogP contribution < -0.4 is 0 Å². The average Bonchev–Trinajstić information content (AvgIpc) is 2.36. The maximum absolute atomic E-state index is 9.31. The molecule has 1 heterocycles. The van der Waals surface area contributed by atoms with Gasteiger partial charge in [0.25, 0.3) is 0 Å². The number of hydrogen-bond donors (Lipinski definition) is 1. The maximum atomic E-state index is 9.31. The van der Waals surface area contributed by atoms with Crippen molar-refractivity contribution in [2.45, 2.75) is 6.10 Å². The van der Waals surface area contributed by atoms with Crippen molar-refractivity contribution in [2.24, 2.45) is 0 Å². The molecular formula is C7H4ClIOS. The van der Waals surface area contributed by atoms with E-state index in [1.165, 1.54) is 11.3 Å². The Kier molecular flexibility index (Phi) is 3.66. The van der Waals surface area contributed by atoms with Crippen LogP contribution in [0.4, 0.5) is 0 Å². The zero-order valence-corrected chi connectivity index (χ0v) is 9.07. The van der Waals surface area contributed by atoms with Gasteiger partial charge in [0.05, 0.1) is 4.34 Å². The molecule has 0 aliphatic heterocycles. The fourth-order valence-corrected chi connectivity index (χ4v) is 1.89. The van der Waals surface area contributed by atoms with Crippen molar-refractivity contribution in [1.29, 1.82) is 0 Å². The summed E-state index contributed by atoms with van der Waals surface area (Å²) in [7, 11) is 0. The zero-order valence-electron chi connectivity index (χ0n) is 5.34. The van der Waals surface area contributed by atoms with E-state index in [9.17, 15) is 5.11 Å². The van der Waals surface area contributed by atoms with Gasteiger partial charge in [-0.2, -0.15) is 0 Å². The number of thiophene rings is 1. The minimum atomic E-state index is -0.690. The highest BCUT2D eigenvalue weighted by Crippen LogP contribution is 2.26. The molecule has 0 spiro atoms. The largest absolute Gasteiger partial charge is 0.375 e. The molecule has 58 valence electrons. The maximum Gasteiger partial charge on any atom is 0.150 e. The molecule has 0 saturated carbocycles. The van der Waals surface area contributed by atoms with Gasteiger partial charge in [0.1, 0.15) is 6.10 Å². The molecule has 4 heteroatoms. The molecule has 1 aromatic heterocycles. The number of rotatable bonds is 1. The summed E-state index contributed by atoms with van der Waals surface area (Å²) in [6.45, 7) is 0. The Bertz CT molecular complexity index is 299. The normalized spacial score (nSPS) is 11.9. The Balaban J connectivity index is 2.81. The fraction of sp³-hybridized carbons (Fsp3) is 0.143. The minimum Gasteiger partial charge on any atom is -0.375 e. The second-order valence-electron chi connectivity index (χ2n) is 1.78. The van der Waals surface area contributed by atoms with Crippen molar-refractivity contribution in [3.05, 3.63) is 21.3 Å². The first kappa shape index (κ1) is 9.33. The molecular weight excluding hydrogens is 294 g/mol. The number of aliphatic hydroxyl groups is 1. The van der Waals surface area contributed by atoms with Crippen molar-refractivity contribution in [3.8, 4) is 9.85 Å². The molecule has 1 rings (SSSR count). The summed E-state index contributed by atoms with van der Waals surface area (Å²) in [4.78, 5) is 0.791. The molecule has 0 bridgehead atoms. The summed E-state index contributed by atoms with van der Waals surface area (Å²) in [6.07, 6.45) is -0.690. The van der Waals surface area contributed by atoms with E-state index in [1.54, 1.807) is 12.1 Å². The molecule has 0 fully saturated rings. The Morgan fingerprint density at radius 3 is 2.82 bits per heavy atom. The third kappa shape index (κ3) is 2.64. The highest BCUT2D eigenvalue weighted by atomic mass is 127. The number of hydrogen-bond acceptors (Lipinski definition) is 2. The molecule has 11 heavy (non-hydrogen) atoms. The smallest absolute Gasteiger partial charge is 0.150 e. The van der Waals surface area contributed by atoms with Crippen molar-refractivity contribution in [3.63, 3.8) is 0 Å². The Morgan fingerprint density at radius 1 is 1.64 bits per heavy atom. The average molecular weight is 299 g/mol. The van der Waals surface area contributed by atoms with E-state index in [1.807, 2.05) is 22.6 Å². The second kappa shape index (κ2) is 4.31. The topological polar surface area (TPSA) is 20.2 Å². The summed E-state index contributed by atoms with van der Waals surface area (Å²) in [6, 6.07) is 3.53. The predicted octanol–water partition coefficient (Wildman–Crippen LogP) is 2.83. The molecule has 0 aromatic carbocycles. The molecule has 1 N–H and O–H groups in total. The van der Waals surface area contributed by atoms with Gasteiger partial charge in [-0.25, -0.2) is 0 Å². The van der Waals surface area contributed by atoms with E-state index in [0.29, 0.717) is 4.34 Å². The molecule has 1 aromatic rings. The summed E-state index contributed by atoms with van der Waals surface area (Å²) in [5.41, 5.74) is 0. The molecule has 0 aliphatic carbocycles. The highest BCUT2D eigenvalue weighted by molar-refractivity contribution is 14.1. The standard InChI is InChI=1S/C7H4ClIOS/c8-7-2-1-6(11-7)5(10)3-4-9/h1-2,5,10H. The van der Waals surface area contributed by atoms with Gasteiger partial charge < -0.3 is 5.11 Å². The van der Waals surface area contributed by atoms with Crippen LogP contribution >= 0.6 is 45.5 Å². The van der Waals surface area contributed by atoms with Crippen molar-refractivity contribution >= 4 is 45.5 Å². The predicted molar refractivity (Wildman–Crippen MR) is 56.1 cm³/mol. The number of aliphatic hydroxyl groups excluding tert-OH is 1. The Labute approximate surface area is 87.5 Å². The fourth-order valence-electron chi connectivity index (χ4n) is 0.598. The van der Waals surface area contributed by atoms with Crippen LogP contribution in [0.1, 0.15) is 11.0 Å². The summed E-state index contributed by atoms with van der Waals surface area (Å²) < 4.78 is 3.28.